The van der Waals surface area contributed by atoms with E-state index in [2.05, 4.69) is 0 Å². The fourth-order valence-electron chi connectivity index (χ4n) is 4.35. The summed E-state index contributed by atoms with van der Waals surface area (Å²) in [5.41, 5.74) is 1.70. The molecule has 3 aromatic carbocycles. The van der Waals surface area contributed by atoms with Crippen LogP contribution in [0.5, 0.6) is 0 Å². The predicted molar refractivity (Wildman–Crippen MR) is 148 cm³/mol. The number of benzene rings is 3. The second-order valence-electron chi connectivity index (χ2n) is 8.60. The van der Waals surface area contributed by atoms with Crippen LogP contribution in [0.3, 0.4) is 0 Å². The standard InChI is InChI=1S/C29H31N3O4S/c1-3-27(31(20-12-21-36-2)37(34,35)22-19-23-13-6-4-7-14-23)28-30-26-18-11-10-17-25(26)29(33)32(28)24-15-8-5-9-16-24/h4-11,13-19,22,27H,3,12,20-21H2,1-2H3/b22-19+. The lowest BCUT2D eigenvalue weighted by atomic mass is 10.1. The van der Waals surface area contributed by atoms with Crippen LogP contribution in [0.1, 0.15) is 37.2 Å². The highest BCUT2D eigenvalue weighted by Crippen LogP contribution is 2.29. The molecule has 0 saturated carbocycles. The van der Waals surface area contributed by atoms with Crippen LogP contribution in [0.4, 0.5) is 0 Å². The van der Waals surface area contributed by atoms with Gasteiger partial charge in [0.05, 0.1) is 22.6 Å². The number of para-hydroxylation sites is 2. The van der Waals surface area contributed by atoms with Crippen LogP contribution < -0.4 is 5.56 Å². The van der Waals surface area contributed by atoms with Gasteiger partial charge in [0, 0.05) is 25.7 Å². The summed E-state index contributed by atoms with van der Waals surface area (Å²) in [5, 5.41) is 1.70. The Hall–Kier alpha value is -3.59. The molecule has 1 heterocycles. The van der Waals surface area contributed by atoms with E-state index in [1.807, 2.05) is 73.7 Å². The van der Waals surface area contributed by atoms with Gasteiger partial charge in [-0.3, -0.25) is 9.36 Å². The Bertz CT molecular complexity index is 1520. The van der Waals surface area contributed by atoms with Gasteiger partial charge < -0.3 is 4.74 Å². The molecule has 1 unspecified atom stereocenters. The third-order valence-electron chi connectivity index (χ3n) is 6.13. The SMILES string of the molecule is CCC(c1nc2ccccc2c(=O)n1-c1ccccc1)N(CCCOC)S(=O)(=O)/C=C/c1ccccc1. The van der Waals surface area contributed by atoms with Gasteiger partial charge in [-0.2, -0.15) is 4.31 Å². The van der Waals surface area contributed by atoms with Crippen LogP contribution in [0, 0.1) is 0 Å². The lowest BCUT2D eigenvalue weighted by Gasteiger charge is -2.30. The van der Waals surface area contributed by atoms with Crippen LogP contribution in [0.2, 0.25) is 0 Å². The molecule has 0 amide bonds. The minimum Gasteiger partial charge on any atom is -0.385 e. The molecule has 0 saturated heterocycles. The third-order valence-corrected chi connectivity index (χ3v) is 7.71. The summed E-state index contributed by atoms with van der Waals surface area (Å²) < 4.78 is 35.7. The molecule has 4 rings (SSSR count). The molecule has 192 valence electrons. The van der Waals surface area contributed by atoms with Gasteiger partial charge in [-0.1, -0.05) is 67.6 Å². The number of rotatable bonds is 11. The van der Waals surface area contributed by atoms with Gasteiger partial charge in [0.1, 0.15) is 5.82 Å². The quantitative estimate of drug-likeness (QED) is 0.256. The van der Waals surface area contributed by atoms with Crippen LogP contribution in [0.25, 0.3) is 22.7 Å². The van der Waals surface area contributed by atoms with Crippen molar-refractivity contribution in [2.45, 2.75) is 25.8 Å². The van der Waals surface area contributed by atoms with Crippen LogP contribution in [-0.2, 0) is 14.8 Å². The van der Waals surface area contributed by atoms with Gasteiger partial charge in [-0.25, -0.2) is 13.4 Å². The first-order valence-electron chi connectivity index (χ1n) is 12.3. The van der Waals surface area contributed by atoms with E-state index >= 15 is 0 Å². The molecule has 8 heteroatoms. The highest BCUT2D eigenvalue weighted by atomic mass is 32.2. The molecule has 0 aliphatic rings. The Morgan fingerprint density at radius 2 is 1.62 bits per heavy atom. The molecular formula is C29H31N3O4S. The second kappa shape index (κ2) is 12.1. The van der Waals surface area contributed by atoms with Crippen molar-refractivity contribution in [2.75, 3.05) is 20.3 Å². The molecule has 0 aliphatic heterocycles. The molecule has 1 aromatic heterocycles. The number of aromatic nitrogens is 2. The summed E-state index contributed by atoms with van der Waals surface area (Å²) >= 11 is 0. The maximum absolute atomic E-state index is 13.8. The highest BCUT2D eigenvalue weighted by molar-refractivity contribution is 7.92. The number of sulfonamides is 1. The van der Waals surface area contributed by atoms with Gasteiger partial charge in [0.15, 0.2) is 0 Å². The number of methoxy groups -OCH3 is 1. The molecule has 0 bridgehead atoms. The van der Waals surface area contributed by atoms with E-state index in [-0.39, 0.29) is 12.1 Å². The van der Waals surface area contributed by atoms with E-state index < -0.39 is 16.1 Å². The zero-order valence-corrected chi connectivity index (χ0v) is 21.8. The molecule has 0 aliphatic carbocycles. The van der Waals surface area contributed by atoms with Gasteiger partial charge in [-0.05, 0) is 48.7 Å². The Morgan fingerprint density at radius 1 is 0.973 bits per heavy atom. The number of hydrogen-bond acceptors (Lipinski definition) is 5. The second-order valence-corrected chi connectivity index (χ2v) is 10.4. The first-order valence-corrected chi connectivity index (χ1v) is 13.8. The topological polar surface area (TPSA) is 81.5 Å². The first kappa shape index (κ1) is 26.5. The predicted octanol–water partition coefficient (Wildman–Crippen LogP) is 5.18. The highest BCUT2D eigenvalue weighted by Gasteiger charge is 2.32. The summed E-state index contributed by atoms with van der Waals surface area (Å²) in [7, 11) is -2.30. The van der Waals surface area contributed by atoms with Crippen molar-refractivity contribution in [3.8, 4) is 5.69 Å². The van der Waals surface area contributed by atoms with E-state index in [1.54, 1.807) is 31.4 Å². The molecule has 7 nitrogen and oxygen atoms in total. The van der Waals surface area contributed by atoms with E-state index in [0.717, 1.165) is 5.56 Å². The Labute approximate surface area is 217 Å². The van der Waals surface area contributed by atoms with Crippen LogP contribution >= 0.6 is 0 Å². The molecule has 0 N–H and O–H groups in total. The van der Waals surface area contributed by atoms with E-state index in [0.29, 0.717) is 41.9 Å². The third kappa shape index (κ3) is 6.05. The van der Waals surface area contributed by atoms with Gasteiger partial charge in [-0.15, -0.1) is 0 Å². The Balaban J connectivity index is 1.89. The lowest BCUT2D eigenvalue weighted by molar-refractivity contribution is 0.180. The maximum Gasteiger partial charge on any atom is 0.266 e. The Kier molecular flexibility index (Phi) is 8.66. The molecule has 0 radical (unpaired) electrons. The molecule has 4 aromatic rings. The fraction of sp³-hybridized carbons (Fsp3) is 0.241. The van der Waals surface area contributed by atoms with Crippen LogP contribution in [0.15, 0.2) is 95.1 Å². The molecule has 37 heavy (non-hydrogen) atoms. The summed E-state index contributed by atoms with van der Waals surface area (Å²) in [4.78, 5) is 18.6. The van der Waals surface area contributed by atoms with Crippen molar-refractivity contribution in [3.05, 3.63) is 112 Å². The zero-order valence-electron chi connectivity index (χ0n) is 21.0. The van der Waals surface area contributed by atoms with Crippen molar-refractivity contribution >= 4 is 27.0 Å². The van der Waals surface area contributed by atoms with Crippen molar-refractivity contribution < 1.29 is 13.2 Å². The summed E-state index contributed by atoms with van der Waals surface area (Å²) in [6.45, 7) is 2.52. The molecule has 1 atom stereocenters. The Morgan fingerprint density at radius 3 is 2.30 bits per heavy atom. The number of nitrogens with zero attached hydrogens (tertiary/aromatic N) is 3. The molecular weight excluding hydrogens is 486 g/mol. The average Bonchev–Trinajstić information content (AvgIpc) is 2.93. The first-order chi connectivity index (χ1) is 18.0. The van der Waals surface area contributed by atoms with E-state index in [1.165, 1.54) is 14.3 Å². The summed E-state index contributed by atoms with van der Waals surface area (Å²) in [6, 6.07) is 25.0. The van der Waals surface area contributed by atoms with Gasteiger partial charge in [0.2, 0.25) is 10.0 Å². The van der Waals surface area contributed by atoms with E-state index in [9.17, 15) is 13.2 Å². The molecule has 0 spiro atoms. The molecule has 0 fully saturated rings. The van der Waals surface area contributed by atoms with Gasteiger partial charge in [0.25, 0.3) is 5.56 Å². The maximum atomic E-state index is 13.8. The number of ether oxygens (including phenoxy) is 1. The van der Waals surface area contributed by atoms with Gasteiger partial charge >= 0.3 is 0 Å². The summed E-state index contributed by atoms with van der Waals surface area (Å²) in [6.07, 6.45) is 2.50. The lowest BCUT2D eigenvalue weighted by Crippen LogP contribution is -2.38. The monoisotopic (exact) mass is 517 g/mol. The van der Waals surface area contributed by atoms with Crippen molar-refractivity contribution in [1.29, 1.82) is 0 Å². The fourth-order valence-corrected chi connectivity index (χ4v) is 5.81. The minimum atomic E-state index is -3.88. The van der Waals surface area contributed by atoms with Crippen molar-refractivity contribution in [3.63, 3.8) is 0 Å². The number of hydrogen-bond donors (Lipinski definition) is 0. The van der Waals surface area contributed by atoms with Crippen molar-refractivity contribution in [1.82, 2.24) is 13.9 Å². The van der Waals surface area contributed by atoms with Crippen molar-refractivity contribution in [2.24, 2.45) is 0 Å². The normalized spacial score (nSPS) is 12.9. The number of fused-ring (bicyclic) bond motifs is 1. The smallest absolute Gasteiger partial charge is 0.266 e. The van der Waals surface area contributed by atoms with E-state index in [4.69, 9.17) is 9.72 Å². The zero-order chi connectivity index (χ0) is 26.3. The minimum absolute atomic E-state index is 0.214. The summed E-state index contributed by atoms with van der Waals surface area (Å²) in [5.74, 6) is 0.381. The average molecular weight is 518 g/mol. The largest absolute Gasteiger partial charge is 0.385 e. The van der Waals surface area contributed by atoms with Crippen LogP contribution in [-0.4, -0.2) is 42.5 Å².